The van der Waals surface area contributed by atoms with Crippen molar-refractivity contribution in [2.45, 2.75) is 11.8 Å². The van der Waals surface area contributed by atoms with Crippen LogP contribution in [0, 0.1) is 6.92 Å². The molecule has 0 bridgehead atoms. The third-order valence-corrected chi connectivity index (χ3v) is 6.08. The molecule has 5 nitrogen and oxygen atoms in total. The number of benzene rings is 2. The normalized spacial score (nSPS) is 11.3. The van der Waals surface area contributed by atoms with Gasteiger partial charge in [-0.2, -0.15) is 5.10 Å². The molecule has 6 heteroatoms. The summed E-state index contributed by atoms with van der Waals surface area (Å²) < 4.78 is 1.85. The lowest BCUT2D eigenvalue weighted by Crippen LogP contribution is -1.95. The Kier molecular flexibility index (Phi) is 4.64. The van der Waals surface area contributed by atoms with E-state index in [0.717, 1.165) is 44.4 Å². The number of aryl methyl sites for hydroxylation is 2. The van der Waals surface area contributed by atoms with Gasteiger partial charge in [0.25, 0.3) is 0 Å². The van der Waals surface area contributed by atoms with E-state index in [-0.39, 0.29) is 0 Å². The molecule has 5 aromatic rings. The quantitative estimate of drug-likeness (QED) is 0.370. The fourth-order valence-corrected chi connectivity index (χ4v) is 4.19. The van der Waals surface area contributed by atoms with E-state index >= 15 is 0 Å². The molecule has 0 saturated carbocycles. The van der Waals surface area contributed by atoms with Crippen LogP contribution in [0.1, 0.15) is 5.56 Å². The first-order valence-corrected chi connectivity index (χ1v) is 10.9. The van der Waals surface area contributed by atoms with Crippen molar-refractivity contribution in [3.05, 3.63) is 72.7 Å². The number of nitrogens with zero attached hydrogens (tertiary/aromatic N) is 4. The van der Waals surface area contributed by atoms with Gasteiger partial charge in [0.2, 0.25) is 0 Å². The first kappa shape index (κ1) is 18.6. The second-order valence-electron chi connectivity index (χ2n) is 7.28. The molecule has 0 fully saturated rings. The number of rotatable bonds is 4. The summed E-state index contributed by atoms with van der Waals surface area (Å²) in [4.78, 5) is 10.6. The molecular weight excluding hydrogens is 390 g/mol. The van der Waals surface area contributed by atoms with Crippen LogP contribution in [0.4, 0.5) is 11.5 Å². The zero-order chi connectivity index (χ0) is 20.7. The van der Waals surface area contributed by atoms with Gasteiger partial charge >= 0.3 is 0 Å². The summed E-state index contributed by atoms with van der Waals surface area (Å²) in [6.45, 7) is 2.13. The third-order valence-electron chi connectivity index (χ3n) is 5.34. The van der Waals surface area contributed by atoms with Gasteiger partial charge in [0, 0.05) is 57.9 Å². The summed E-state index contributed by atoms with van der Waals surface area (Å²) in [5.41, 5.74) is 5.26. The Morgan fingerprint density at radius 3 is 2.60 bits per heavy atom. The minimum absolute atomic E-state index is 0.800. The van der Waals surface area contributed by atoms with Crippen LogP contribution in [-0.2, 0) is 7.05 Å². The molecule has 0 aliphatic heterocycles. The number of pyridine rings is 2. The molecular formula is C24H21N5S. The predicted octanol–water partition coefficient (Wildman–Crippen LogP) is 5.96. The van der Waals surface area contributed by atoms with Crippen LogP contribution in [0.2, 0.25) is 0 Å². The highest BCUT2D eigenvalue weighted by atomic mass is 32.2. The van der Waals surface area contributed by atoms with E-state index in [0.29, 0.717) is 0 Å². The lowest BCUT2D eigenvalue weighted by molar-refractivity contribution is 0.779. The Labute approximate surface area is 179 Å². The van der Waals surface area contributed by atoms with Crippen LogP contribution >= 0.6 is 11.8 Å². The number of thioether (sulfide) groups is 1. The van der Waals surface area contributed by atoms with Crippen molar-refractivity contribution < 1.29 is 0 Å². The molecule has 148 valence electrons. The van der Waals surface area contributed by atoms with Gasteiger partial charge in [-0.3, -0.25) is 9.67 Å². The second kappa shape index (κ2) is 7.46. The minimum atomic E-state index is 0.800. The number of hydrogen-bond donors (Lipinski definition) is 1. The van der Waals surface area contributed by atoms with Gasteiger partial charge in [0.15, 0.2) is 0 Å². The first-order chi connectivity index (χ1) is 14.6. The summed E-state index contributed by atoms with van der Waals surface area (Å²) in [5.74, 6) is 0.800. The number of hydrogen-bond acceptors (Lipinski definition) is 5. The maximum absolute atomic E-state index is 4.74. The summed E-state index contributed by atoms with van der Waals surface area (Å²) in [6, 6.07) is 16.6. The fraction of sp³-hybridized carbons (Fsp3) is 0.125. The third kappa shape index (κ3) is 3.29. The van der Waals surface area contributed by atoms with E-state index in [4.69, 9.17) is 4.98 Å². The molecule has 3 aromatic heterocycles. The smallest absolute Gasteiger partial charge is 0.130 e. The molecule has 30 heavy (non-hydrogen) atoms. The molecule has 3 heterocycles. The molecule has 0 radical (unpaired) electrons. The van der Waals surface area contributed by atoms with Crippen molar-refractivity contribution in [3.63, 3.8) is 0 Å². The number of nitrogens with one attached hydrogen (secondary N) is 1. The predicted molar refractivity (Wildman–Crippen MR) is 125 cm³/mol. The van der Waals surface area contributed by atoms with E-state index in [1.165, 1.54) is 10.5 Å². The van der Waals surface area contributed by atoms with Gasteiger partial charge in [-0.1, -0.05) is 6.07 Å². The van der Waals surface area contributed by atoms with Crippen LogP contribution in [0.3, 0.4) is 0 Å². The van der Waals surface area contributed by atoms with Crippen molar-refractivity contribution in [1.82, 2.24) is 19.7 Å². The van der Waals surface area contributed by atoms with E-state index in [2.05, 4.69) is 77.2 Å². The average molecular weight is 412 g/mol. The van der Waals surface area contributed by atoms with E-state index in [1.54, 1.807) is 11.8 Å². The van der Waals surface area contributed by atoms with Crippen LogP contribution in [0.5, 0.6) is 0 Å². The van der Waals surface area contributed by atoms with Gasteiger partial charge in [0.1, 0.15) is 5.82 Å². The maximum atomic E-state index is 4.74. The zero-order valence-electron chi connectivity index (χ0n) is 17.0. The van der Waals surface area contributed by atoms with Gasteiger partial charge in [-0.25, -0.2) is 4.98 Å². The Morgan fingerprint density at radius 1 is 0.967 bits per heavy atom. The Hall–Kier alpha value is -3.38. The molecule has 0 saturated heterocycles. The minimum Gasteiger partial charge on any atom is -0.340 e. The molecule has 0 aliphatic carbocycles. The van der Waals surface area contributed by atoms with Crippen molar-refractivity contribution in [2.75, 3.05) is 11.6 Å². The summed E-state index contributed by atoms with van der Waals surface area (Å²) in [6.07, 6.45) is 7.89. The summed E-state index contributed by atoms with van der Waals surface area (Å²) >= 11 is 1.73. The molecule has 0 amide bonds. The monoisotopic (exact) mass is 411 g/mol. The highest BCUT2D eigenvalue weighted by Gasteiger charge is 2.13. The van der Waals surface area contributed by atoms with Gasteiger partial charge < -0.3 is 5.32 Å². The lowest BCUT2D eigenvalue weighted by Gasteiger charge is -2.11. The van der Waals surface area contributed by atoms with Crippen LogP contribution in [0.15, 0.2) is 72.0 Å². The van der Waals surface area contributed by atoms with Crippen molar-refractivity contribution in [3.8, 4) is 11.3 Å². The van der Waals surface area contributed by atoms with Gasteiger partial charge in [0.05, 0.1) is 11.2 Å². The molecule has 1 N–H and O–H groups in total. The molecule has 0 spiro atoms. The van der Waals surface area contributed by atoms with Crippen LogP contribution in [0.25, 0.3) is 32.9 Å². The van der Waals surface area contributed by atoms with Gasteiger partial charge in [-0.05, 0) is 61.2 Å². The number of fused-ring (bicyclic) bond motifs is 2. The molecule has 0 atom stereocenters. The number of anilines is 2. The lowest BCUT2D eigenvalue weighted by atomic mass is 9.98. The second-order valence-corrected chi connectivity index (χ2v) is 8.16. The summed E-state index contributed by atoms with van der Waals surface area (Å²) in [7, 11) is 1.95. The molecule has 5 rings (SSSR count). The fourth-order valence-electron chi connectivity index (χ4n) is 3.78. The molecule has 0 unspecified atom stereocenters. The average Bonchev–Trinajstić information content (AvgIpc) is 3.16. The first-order valence-electron chi connectivity index (χ1n) is 9.71. The highest BCUT2D eigenvalue weighted by molar-refractivity contribution is 7.98. The summed E-state index contributed by atoms with van der Waals surface area (Å²) in [5, 5.41) is 11.2. The highest BCUT2D eigenvalue weighted by Crippen LogP contribution is 2.33. The van der Waals surface area contributed by atoms with Crippen molar-refractivity contribution >= 4 is 44.9 Å². The molecule has 0 aliphatic rings. The standard InChI is InChI=1S/C24H21N5S/c1-15-19(8-9-22-21(15)14-29(2)28-22)24-20-12-23(26-13-16(20)10-11-25-24)27-17-4-6-18(30-3)7-5-17/h4-14H,1-3H3,(H,26,27). The Bertz CT molecular complexity index is 1370. The van der Waals surface area contributed by atoms with E-state index in [1.807, 2.05) is 30.2 Å². The Morgan fingerprint density at radius 2 is 1.80 bits per heavy atom. The Balaban J connectivity index is 1.60. The SMILES string of the molecule is CSc1ccc(Nc2cc3c(-c4ccc5nn(C)cc5c4C)nccc3cn2)cc1. The van der Waals surface area contributed by atoms with Crippen molar-refractivity contribution in [2.24, 2.45) is 7.05 Å². The topological polar surface area (TPSA) is 55.6 Å². The van der Waals surface area contributed by atoms with E-state index < -0.39 is 0 Å². The van der Waals surface area contributed by atoms with Gasteiger partial charge in [-0.15, -0.1) is 11.8 Å². The number of aromatic nitrogens is 4. The van der Waals surface area contributed by atoms with E-state index in [9.17, 15) is 0 Å². The zero-order valence-corrected chi connectivity index (χ0v) is 17.9. The molecule has 2 aromatic carbocycles. The van der Waals surface area contributed by atoms with Crippen LogP contribution < -0.4 is 5.32 Å². The maximum Gasteiger partial charge on any atom is 0.130 e. The van der Waals surface area contributed by atoms with Crippen LogP contribution in [-0.4, -0.2) is 26.0 Å². The van der Waals surface area contributed by atoms with Crippen molar-refractivity contribution in [1.29, 1.82) is 0 Å². The largest absolute Gasteiger partial charge is 0.340 e.